The molecule has 1 aromatic rings. The molecule has 1 aliphatic heterocycles. The lowest BCUT2D eigenvalue weighted by Crippen LogP contribution is -2.25. The Morgan fingerprint density at radius 2 is 2.00 bits per heavy atom. The molecule has 0 aliphatic carbocycles. The van der Waals surface area contributed by atoms with Crippen molar-refractivity contribution in [3.8, 4) is 0 Å². The van der Waals surface area contributed by atoms with Crippen LogP contribution in [0.2, 0.25) is 0 Å². The molecular formula is C14H18N2O3. The number of hydrogen-bond donors (Lipinski definition) is 0. The van der Waals surface area contributed by atoms with Crippen LogP contribution in [0.15, 0.2) is 18.2 Å². The van der Waals surface area contributed by atoms with Crippen molar-refractivity contribution in [2.75, 3.05) is 11.4 Å². The van der Waals surface area contributed by atoms with Gasteiger partial charge in [-0.05, 0) is 23.5 Å². The lowest BCUT2D eigenvalue weighted by Gasteiger charge is -2.21. The van der Waals surface area contributed by atoms with Crippen molar-refractivity contribution in [3.63, 3.8) is 0 Å². The van der Waals surface area contributed by atoms with E-state index in [1.807, 2.05) is 26.8 Å². The molecule has 0 saturated carbocycles. The van der Waals surface area contributed by atoms with Gasteiger partial charge in [0.25, 0.3) is 5.69 Å². The minimum atomic E-state index is -0.407. The standard InChI is InChI=1S/C14H18N2O3/c1-14(2,3)10-6-7-11(12(9-10)16(18)19)15-8-4-5-13(15)17/h6-7,9H,4-5,8H2,1-3H3. The number of benzene rings is 1. The molecular weight excluding hydrogens is 244 g/mol. The molecule has 19 heavy (non-hydrogen) atoms. The molecule has 0 spiro atoms. The fourth-order valence-electron chi connectivity index (χ4n) is 2.27. The van der Waals surface area contributed by atoms with Gasteiger partial charge < -0.3 is 4.90 Å². The predicted molar refractivity (Wildman–Crippen MR) is 73.4 cm³/mol. The number of amides is 1. The monoisotopic (exact) mass is 262 g/mol. The van der Waals surface area contributed by atoms with Crippen LogP contribution in [0, 0.1) is 10.1 Å². The van der Waals surface area contributed by atoms with E-state index in [0.717, 1.165) is 12.0 Å². The first kappa shape index (κ1) is 13.5. The topological polar surface area (TPSA) is 63.5 Å². The van der Waals surface area contributed by atoms with Crippen molar-refractivity contribution in [2.24, 2.45) is 0 Å². The Morgan fingerprint density at radius 3 is 2.47 bits per heavy atom. The average Bonchev–Trinajstić information content (AvgIpc) is 2.73. The summed E-state index contributed by atoms with van der Waals surface area (Å²) in [6.07, 6.45) is 1.23. The molecule has 0 unspecified atom stereocenters. The number of nitro groups is 1. The maximum Gasteiger partial charge on any atom is 0.293 e. The van der Waals surface area contributed by atoms with Gasteiger partial charge in [0.15, 0.2) is 0 Å². The molecule has 0 radical (unpaired) electrons. The van der Waals surface area contributed by atoms with Crippen molar-refractivity contribution < 1.29 is 9.72 Å². The Kier molecular flexibility index (Phi) is 3.30. The first-order valence-electron chi connectivity index (χ1n) is 6.40. The lowest BCUT2D eigenvalue weighted by molar-refractivity contribution is -0.384. The summed E-state index contributed by atoms with van der Waals surface area (Å²) in [6.45, 7) is 6.58. The average molecular weight is 262 g/mol. The minimum absolute atomic E-state index is 0.0164. The van der Waals surface area contributed by atoms with Gasteiger partial charge in [0.05, 0.1) is 4.92 Å². The van der Waals surface area contributed by atoms with Crippen molar-refractivity contribution in [2.45, 2.75) is 39.0 Å². The molecule has 1 saturated heterocycles. The molecule has 0 bridgehead atoms. The zero-order chi connectivity index (χ0) is 14.2. The van der Waals surface area contributed by atoms with Crippen LogP contribution in [0.25, 0.3) is 0 Å². The number of rotatable bonds is 2. The van der Waals surface area contributed by atoms with E-state index in [4.69, 9.17) is 0 Å². The van der Waals surface area contributed by atoms with E-state index < -0.39 is 4.92 Å². The van der Waals surface area contributed by atoms with Crippen molar-refractivity contribution in [1.29, 1.82) is 0 Å². The van der Waals surface area contributed by atoms with Crippen molar-refractivity contribution in [1.82, 2.24) is 0 Å². The van der Waals surface area contributed by atoms with E-state index in [-0.39, 0.29) is 17.0 Å². The zero-order valence-electron chi connectivity index (χ0n) is 11.5. The van der Waals surface area contributed by atoms with Crippen LogP contribution in [0.1, 0.15) is 39.2 Å². The summed E-state index contributed by atoms with van der Waals surface area (Å²) in [6, 6.07) is 5.15. The molecule has 1 fully saturated rings. The van der Waals surface area contributed by atoms with E-state index >= 15 is 0 Å². The van der Waals surface area contributed by atoms with Gasteiger partial charge in [-0.3, -0.25) is 14.9 Å². The van der Waals surface area contributed by atoms with Crippen molar-refractivity contribution >= 4 is 17.3 Å². The summed E-state index contributed by atoms with van der Waals surface area (Å²) >= 11 is 0. The maximum atomic E-state index is 11.7. The minimum Gasteiger partial charge on any atom is -0.306 e. The Labute approximate surface area is 112 Å². The largest absolute Gasteiger partial charge is 0.306 e. The van der Waals surface area contributed by atoms with E-state index in [2.05, 4.69) is 0 Å². The van der Waals surface area contributed by atoms with Crippen LogP contribution in [0.5, 0.6) is 0 Å². The van der Waals surface area contributed by atoms with E-state index in [1.54, 1.807) is 12.1 Å². The number of carbonyl (C=O) groups is 1. The van der Waals surface area contributed by atoms with Crippen LogP contribution in [0.4, 0.5) is 11.4 Å². The molecule has 1 aliphatic rings. The molecule has 1 heterocycles. The van der Waals surface area contributed by atoms with Crippen LogP contribution < -0.4 is 4.90 Å². The highest BCUT2D eigenvalue weighted by atomic mass is 16.6. The van der Waals surface area contributed by atoms with E-state index in [9.17, 15) is 14.9 Å². The van der Waals surface area contributed by atoms with Crippen LogP contribution in [-0.2, 0) is 10.2 Å². The number of anilines is 1. The Morgan fingerprint density at radius 1 is 1.32 bits per heavy atom. The normalized spacial score (nSPS) is 15.9. The molecule has 102 valence electrons. The third-order valence-corrected chi connectivity index (χ3v) is 3.40. The summed E-state index contributed by atoms with van der Waals surface area (Å²) in [4.78, 5) is 24.1. The van der Waals surface area contributed by atoms with Gasteiger partial charge in [0.2, 0.25) is 5.91 Å². The smallest absolute Gasteiger partial charge is 0.293 e. The van der Waals surface area contributed by atoms with Gasteiger partial charge in [-0.25, -0.2) is 0 Å². The molecule has 0 aromatic heterocycles. The number of carbonyl (C=O) groups excluding carboxylic acids is 1. The third kappa shape index (κ3) is 2.59. The fraction of sp³-hybridized carbons (Fsp3) is 0.500. The Balaban J connectivity index is 2.50. The maximum absolute atomic E-state index is 11.7. The van der Waals surface area contributed by atoms with Gasteiger partial charge in [-0.1, -0.05) is 26.8 Å². The number of hydrogen-bond acceptors (Lipinski definition) is 3. The van der Waals surface area contributed by atoms with E-state index in [1.165, 1.54) is 4.90 Å². The highest BCUT2D eigenvalue weighted by molar-refractivity contribution is 5.97. The molecule has 1 amide bonds. The van der Waals surface area contributed by atoms with Gasteiger partial charge in [-0.2, -0.15) is 0 Å². The quantitative estimate of drug-likeness (QED) is 0.608. The van der Waals surface area contributed by atoms with Gasteiger partial charge in [0.1, 0.15) is 5.69 Å². The predicted octanol–water partition coefficient (Wildman–Crippen LogP) is 3.02. The first-order chi connectivity index (χ1) is 8.80. The van der Waals surface area contributed by atoms with Crippen LogP contribution >= 0.6 is 0 Å². The highest BCUT2D eigenvalue weighted by Crippen LogP contribution is 2.35. The summed E-state index contributed by atoms with van der Waals surface area (Å²) in [7, 11) is 0. The molecule has 5 heteroatoms. The first-order valence-corrected chi connectivity index (χ1v) is 6.40. The van der Waals surface area contributed by atoms with Gasteiger partial charge in [-0.15, -0.1) is 0 Å². The summed E-state index contributed by atoms with van der Waals surface area (Å²) < 4.78 is 0. The molecule has 2 rings (SSSR count). The Bertz CT molecular complexity index is 532. The summed E-state index contributed by atoms with van der Waals surface area (Å²) in [5.74, 6) is -0.0355. The molecule has 5 nitrogen and oxygen atoms in total. The SMILES string of the molecule is CC(C)(C)c1ccc(N2CCCC2=O)c([N+](=O)[O-])c1. The second-order valence-corrected chi connectivity index (χ2v) is 5.86. The van der Waals surface area contributed by atoms with E-state index in [0.29, 0.717) is 18.7 Å². The molecule has 1 aromatic carbocycles. The lowest BCUT2D eigenvalue weighted by atomic mass is 9.86. The third-order valence-electron chi connectivity index (χ3n) is 3.40. The summed E-state index contributed by atoms with van der Waals surface area (Å²) in [5, 5.41) is 11.2. The second kappa shape index (κ2) is 4.64. The summed E-state index contributed by atoms with van der Waals surface area (Å²) in [5.41, 5.74) is 1.18. The molecule has 0 atom stereocenters. The highest BCUT2D eigenvalue weighted by Gasteiger charge is 2.29. The molecule has 0 N–H and O–H groups in total. The van der Waals surface area contributed by atoms with Gasteiger partial charge >= 0.3 is 0 Å². The van der Waals surface area contributed by atoms with Crippen LogP contribution in [0.3, 0.4) is 0 Å². The number of nitro benzene ring substituents is 1. The number of nitrogens with zero attached hydrogens (tertiary/aromatic N) is 2. The van der Waals surface area contributed by atoms with Gasteiger partial charge in [0, 0.05) is 19.0 Å². The Hall–Kier alpha value is -1.91. The van der Waals surface area contributed by atoms with Crippen molar-refractivity contribution in [3.05, 3.63) is 33.9 Å². The second-order valence-electron chi connectivity index (χ2n) is 5.86. The van der Waals surface area contributed by atoms with Crippen LogP contribution in [-0.4, -0.2) is 17.4 Å². The fourth-order valence-corrected chi connectivity index (χ4v) is 2.27. The zero-order valence-corrected chi connectivity index (χ0v) is 11.5.